The van der Waals surface area contributed by atoms with Crippen LogP contribution in [0.1, 0.15) is 27.2 Å². The van der Waals surface area contributed by atoms with Gasteiger partial charge in [0.2, 0.25) is 5.91 Å². The lowest BCUT2D eigenvalue weighted by atomic mass is 10.1. The number of aliphatic hydroxyl groups is 2. The van der Waals surface area contributed by atoms with Crippen molar-refractivity contribution in [1.82, 2.24) is 4.90 Å². The van der Waals surface area contributed by atoms with E-state index in [1.54, 1.807) is 0 Å². The molecule has 8 nitrogen and oxygen atoms in total. The number of fused-ring (bicyclic) bond motifs is 1. The van der Waals surface area contributed by atoms with Crippen LogP contribution in [0.4, 0.5) is 0 Å². The molecular formula is C13H24N2O6. The molecule has 2 saturated heterocycles. The number of hydrogen-bond donors (Lipinski definition) is 4. The number of aliphatic hydroxyl groups excluding tert-OH is 2. The molecule has 1 amide bonds. The summed E-state index contributed by atoms with van der Waals surface area (Å²) < 4.78 is 5.17. The molecule has 0 radical (unpaired) electrons. The first-order chi connectivity index (χ1) is 9.65. The van der Waals surface area contributed by atoms with E-state index in [0.29, 0.717) is 0 Å². The number of carbonyl (C=O) groups is 2. The molecule has 21 heavy (non-hydrogen) atoms. The Hall–Kier alpha value is -1.64. The van der Waals surface area contributed by atoms with Gasteiger partial charge < -0.3 is 25.8 Å². The van der Waals surface area contributed by atoms with Crippen LogP contribution >= 0.6 is 0 Å². The molecule has 0 bridgehead atoms. The average molecular weight is 304 g/mol. The van der Waals surface area contributed by atoms with Crippen LogP contribution in [0.25, 0.3) is 0 Å². The summed E-state index contributed by atoms with van der Waals surface area (Å²) in [6, 6.07) is -1.06. The van der Waals surface area contributed by atoms with E-state index < -0.39 is 18.2 Å². The third-order valence-electron chi connectivity index (χ3n) is 2.29. The normalized spacial score (nSPS) is 24.8. The summed E-state index contributed by atoms with van der Waals surface area (Å²) >= 11 is 0. The van der Waals surface area contributed by atoms with Gasteiger partial charge in [0.15, 0.2) is 12.3 Å². The summed E-state index contributed by atoms with van der Waals surface area (Å²) in [7, 11) is 1.00. The number of carboxylic acid groups (broad SMARTS) is 1. The van der Waals surface area contributed by atoms with Crippen molar-refractivity contribution in [2.45, 2.75) is 45.0 Å². The fraction of sp³-hybridized carbons (Fsp3) is 0.692. The number of aliphatic carboxylic acids is 1. The molecular weight excluding hydrogens is 280 g/mol. The lowest BCUT2D eigenvalue weighted by molar-refractivity contribution is -0.163. The standard InChI is InChI=1S/C8H9NO5.C4H11N.CH4O/c10-2-1-4-7(8(12)13)9-5(11)3-6(9)14-4;1-4(2,3)5;1-2/h1,6-7,10H,2-3H2,(H,12,13);5H2,1-3H3;2H,1H3/b4-1-;;/t6-,7-;;/m1../s1. The average Bonchev–Trinajstić information content (AvgIpc) is 2.63. The number of nitrogens with two attached hydrogens (primary N) is 1. The number of ether oxygens (including phenoxy) is 1. The number of β-lactam (4-membered cyclic amide) rings is 1. The Morgan fingerprint density at radius 3 is 2.29 bits per heavy atom. The summed E-state index contributed by atoms with van der Waals surface area (Å²) in [4.78, 5) is 23.1. The third-order valence-corrected chi connectivity index (χ3v) is 2.29. The van der Waals surface area contributed by atoms with Crippen LogP contribution in [-0.4, -0.2) is 63.6 Å². The van der Waals surface area contributed by atoms with E-state index in [1.165, 1.54) is 11.0 Å². The predicted octanol–water partition coefficient (Wildman–Crippen LogP) is -0.743. The lowest BCUT2D eigenvalue weighted by Gasteiger charge is -2.33. The Morgan fingerprint density at radius 2 is 1.95 bits per heavy atom. The molecule has 2 rings (SSSR count). The monoisotopic (exact) mass is 304 g/mol. The topological polar surface area (TPSA) is 133 Å². The van der Waals surface area contributed by atoms with Crippen LogP contribution in [0.2, 0.25) is 0 Å². The minimum absolute atomic E-state index is 0. The molecule has 0 aromatic rings. The van der Waals surface area contributed by atoms with Crippen molar-refractivity contribution < 1.29 is 29.6 Å². The molecule has 0 saturated carbocycles. The molecule has 5 N–H and O–H groups in total. The first-order valence-electron chi connectivity index (χ1n) is 6.40. The zero-order chi connectivity index (χ0) is 16.8. The maximum atomic E-state index is 11.1. The Morgan fingerprint density at radius 1 is 1.48 bits per heavy atom. The maximum absolute atomic E-state index is 11.1. The van der Waals surface area contributed by atoms with E-state index in [0.717, 1.165) is 7.11 Å². The van der Waals surface area contributed by atoms with Crippen LogP contribution in [0.5, 0.6) is 0 Å². The first-order valence-corrected chi connectivity index (χ1v) is 6.40. The van der Waals surface area contributed by atoms with E-state index in [-0.39, 0.29) is 30.2 Å². The molecule has 2 aliphatic rings. The number of hydrogen-bond acceptors (Lipinski definition) is 6. The van der Waals surface area contributed by atoms with E-state index in [4.69, 9.17) is 25.8 Å². The Bertz CT molecular complexity index is 396. The molecule has 0 aromatic carbocycles. The van der Waals surface area contributed by atoms with Gasteiger partial charge in [0.05, 0.1) is 13.0 Å². The molecule has 8 heteroatoms. The van der Waals surface area contributed by atoms with Gasteiger partial charge in [-0.2, -0.15) is 0 Å². The van der Waals surface area contributed by atoms with Crippen LogP contribution in [0.3, 0.4) is 0 Å². The zero-order valence-corrected chi connectivity index (χ0v) is 12.7. The highest BCUT2D eigenvalue weighted by molar-refractivity contribution is 5.91. The number of carbonyl (C=O) groups excluding carboxylic acids is 1. The van der Waals surface area contributed by atoms with Crippen LogP contribution in [0, 0.1) is 0 Å². The Balaban J connectivity index is 0.000000489. The highest BCUT2D eigenvalue weighted by atomic mass is 16.5. The molecule has 2 fully saturated rings. The Kier molecular flexibility index (Phi) is 7.34. The second kappa shape index (κ2) is 7.96. The van der Waals surface area contributed by atoms with Gasteiger partial charge in [-0.15, -0.1) is 0 Å². The molecule has 2 aliphatic heterocycles. The number of carboxylic acids is 1. The second-order valence-electron chi connectivity index (χ2n) is 5.47. The highest BCUT2D eigenvalue weighted by Gasteiger charge is 2.53. The smallest absolute Gasteiger partial charge is 0.334 e. The van der Waals surface area contributed by atoms with Crippen molar-refractivity contribution in [2.24, 2.45) is 5.73 Å². The first kappa shape index (κ1) is 19.4. The molecule has 0 spiro atoms. The molecule has 0 aromatic heterocycles. The second-order valence-corrected chi connectivity index (χ2v) is 5.47. The van der Waals surface area contributed by atoms with Crippen molar-refractivity contribution in [3.05, 3.63) is 11.8 Å². The number of amides is 1. The molecule has 2 atom stereocenters. The number of rotatable bonds is 2. The molecule has 0 aliphatic carbocycles. The van der Waals surface area contributed by atoms with Crippen LogP contribution in [-0.2, 0) is 14.3 Å². The van der Waals surface area contributed by atoms with Gasteiger partial charge in [0.1, 0.15) is 5.76 Å². The summed E-state index contributed by atoms with van der Waals surface area (Å²) in [5.41, 5.74) is 5.35. The quantitative estimate of drug-likeness (QED) is 0.493. The largest absolute Gasteiger partial charge is 0.479 e. The van der Waals surface area contributed by atoms with E-state index in [9.17, 15) is 9.59 Å². The van der Waals surface area contributed by atoms with Gasteiger partial charge in [0.25, 0.3) is 0 Å². The minimum Gasteiger partial charge on any atom is -0.479 e. The van der Waals surface area contributed by atoms with Crippen molar-refractivity contribution >= 4 is 11.9 Å². The summed E-state index contributed by atoms with van der Waals surface area (Å²) in [5, 5.41) is 24.5. The van der Waals surface area contributed by atoms with Crippen molar-refractivity contribution in [3.63, 3.8) is 0 Å². The van der Waals surface area contributed by atoms with E-state index in [2.05, 4.69) is 0 Å². The van der Waals surface area contributed by atoms with Crippen molar-refractivity contribution in [1.29, 1.82) is 0 Å². The molecule has 2 heterocycles. The highest BCUT2D eigenvalue weighted by Crippen LogP contribution is 2.36. The summed E-state index contributed by atoms with van der Waals surface area (Å²) in [6.07, 6.45) is 1.03. The van der Waals surface area contributed by atoms with Gasteiger partial charge in [0, 0.05) is 12.6 Å². The van der Waals surface area contributed by atoms with Crippen molar-refractivity contribution in [2.75, 3.05) is 13.7 Å². The lowest BCUT2D eigenvalue weighted by Crippen LogP contribution is -2.54. The fourth-order valence-corrected chi connectivity index (χ4v) is 1.66. The number of nitrogens with zero attached hydrogens (tertiary/aromatic N) is 1. The SMILES string of the molecule is CC(C)(C)N.CO.O=C(O)[C@H]1/C(=C/CO)O[C@@H]2CC(=O)N21. The van der Waals surface area contributed by atoms with Gasteiger partial charge in [-0.1, -0.05) is 0 Å². The molecule has 0 unspecified atom stereocenters. The summed E-state index contributed by atoms with van der Waals surface area (Å²) in [5.74, 6) is -1.22. The zero-order valence-electron chi connectivity index (χ0n) is 12.7. The third kappa shape index (κ3) is 5.70. The van der Waals surface area contributed by atoms with Crippen LogP contribution in [0.15, 0.2) is 11.8 Å². The van der Waals surface area contributed by atoms with E-state index in [1.807, 2.05) is 20.8 Å². The van der Waals surface area contributed by atoms with Crippen molar-refractivity contribution in [3.8, 4) is 0 Å². The molecule has 122 valence electrons. The van der Waals surface area contributed by atoms with Gasteiger partial charge >= 0.3 is 5.97 Å². The predicted molar refractivity (Wildman–Crippen MR) is 75.0 cm³/mol. The van der Waals surface area contributed by atoms with Gasteiger partial charge in [-0.3, -0.25) is 9.69 Å². The van der Waals surface area contributed by atoms with Crippen LogP contribution < -0.4 is 5.73 Å². The Labute approximate surface area is 123 Å². The summed E-state index contributed by atoms with van der Waals surface area (Å²) in [6.45, 7) is 5.60. The minimum atomic E-state index is -1.14. The van der Waals surface area contributed by atoms with Gasteiger partial charge in [-0.05, 0) is 26.8 Å². The van der Waals surface area contributed by atoms with Gasteiger partial charge in [-0.25, -0.2) is 4.79 Å². The fourth-order valence-electron chi connectivity index (χ4n) is 1.66. The maximum Gasteiger partial charge on any atom is 0.334 e. The van der Waals surface area contributed by atoms with E-state index >= 15 is 0 Å².